The van der Waals surface area contributed by atoms with Gasteiger partial charge in [-0.15, -0.1) is 11.8 Å². The molecule has 126 valence electrons. The average Bonchev–Trinajstić information content (AvgIpc) is 2.92. The minimum Gasteiger partial charge on any atom is -0.395 e. The molecule has 0 saturated carbocycles. The quantitative estimate of drug-likeness (QED) is 0.353. The van der Waals surface area contributed by atoms with Crippen LogP contribution in [0.4, 0.5) is 0 Å². The first-order valence-electron chi connectivity index (χ1n) is 6.83. The van der Waals surface area contributed by atoms with Crippen LogP contribution in [0.5, 0.6) is 0 Å². The molecule has 2 aliphatic heterocycles. The van der Waals surface area contributed by atoms with Crippen molar-refractivity contribution in [2.75, 3.05) is 26.0 Å². The van der Waals surface area contributed by atoms with Crippen LogP contribution >= 0.6 is 11.8 Å². The van der Waals surface area contributed by atoms with Crippen LogP contribution in [0.1, 0.15) is 0 Å². The number of carbonyl (C=O) groups is 2. The molecule has 2 fully saturated rings. The summed E-state index contributed by atoms with van der Waals surface area (Å²) in [6.07, 6.45) is -6.90. The summed E-state index contributed by atoms with van der Waals surface area (Å²) >= 11 is 1.09. The molecule has 10 heteroatoms. The van der Waals surface area contributed by atoms with Crippen molar-refractivity contribution in [2.45, 2.75) is 35.8 Å². The van der Waals surface area contributed by atoms with Gasteiger partial charge in [0, 0.05) is 19.3 Å². The van der Waals surface area contributed by atoms with Crippen LogP contribution < -0.4 is 0 Å². The van der Waals surface area contributed by atoms with Crippen LogP contribution in [0.15, 0.2) is 0 Å². The number of likely N-dealkylation sites (N-methyl/N-ethyl adjacent to an activating group) is 1. The second-order valence-electron chi connectivity index (χ2n) is 5.39. The molecule has 0 radical (unpaired) electrons. The average molecular weight is 336 g/mol. The lowest BCUT2D eigenvalue weighted by Crippen LogP contribution is -2.54. The van der Waals surface area contributed by atoms with E-state index < -0.39 is 47.6 Å². The van der Waals surface area contributed by atoms with E-state index in [9.17, 15) is 30.0 Å². The van der Waals surface area contributed by atoms with E-state index in [-0.39, 0.29) is 18.9 Å². The number of aliphatic hydroxyl groups is 5. The van der Waals surface area contributed by atoms with Crippen LogP contribution in [-0.4, -0.2) is 109 Å². The Morgan fingerprint density at radius 2 is 1.91 bits per heavy atom. The Morgan fingerprint density at radius 3 is 2.50 bits per heavy atom. The van der Waals surface area contributed by atoms with Gasteiger partial charge in [0.2, 0.25) is 5.91 Å². The monoisotopic (exact) mass is 336 g/mol. The molecule has 2 amide bonds. The van der Waals surface area contributed by atoms with Gasteiger partial charge in [-0.3, -0.25) is 9.59 Å². The van der Waals surface area contributed by atoms with E-state index in [2.05, 4.69) is 0 Å². The highest BCUT2D eigenvalue weighted by atomic mass is 32.2. The van der Waals surface area contributed by atoms with Gasteiger partial charge in [-0.2, -0.15) is 0 Å². The second kappa shape index (κ2) is 6.69. The number of nitrogens with zero attached hydrogens (tertiary/aromatic N) is 2. The van der Waals surface area contributed by atoms with E-state index >= 15 is 0 Å². The fourth-order valence-electron chi connectivity index (χ4n) is 2.63. The lowest BCUT2D eigenvalue weighted by molar-refractivity contribution is -0.153. The molecule has 0 aromatic carbocycles. The smallest absolute Gasteiger partial charge is 0.255 e. The number of thioether (sulfide) groups is 1. The summed E-state index contributed by atoms with van der Waals surface area (Å²) in [5, 5.41) is 47.3. The van der Waals surface area contributed by atoms with E-state index in [0.29, 0.717) is 0 Å². The van der Waals surface area contributed by atoms with E-state index in [1.54, 1.807) is 0 Å². The van der Waals surface area contributed by atoms with Gasteiger partial charge in [0.05, 0.1) is 6.61 Å². The molecule has 0 spiro atoms. The normalized spacial score (nSPS) is 38.6. The highest BCUT2D eigenvalue weighted by Crippen LogP contribution is 2.36. The van der Waals surface area contributed by atoms with Crippen LogP contribution in [0.2, 0.25) is 0 Å². The van der Waals surface area contributed by atoms with Crippen LogP contribution in [0.3, 0.4) is 0 Å². The molecule has 2 heterocycles. The first-order valence-corrected chi connectivity index (χ1v) is 7.88. The van der Waals surface area contributed by atoms with Crippen LogP contribution in [-0.2, 0) is 9.59 Å². The zero-order valence-corrected chi connectivity index (χ0v) is 12.8. The molecule has 0 aromatic heterocycles. The Balaban J connectivity index is 2.28. The van der Waals surface area contributed by atoms with Gasteiger partial charge < -0.3 is 35.3 Å². The molecule has 0 aromatic rings. The van der Waals surface area contributed by atoms with Crippen molar-refractivity contribution in [3.63, 3.8) is 0 Å². The summed E-state index contributed by atoms with van der Waals surface area (Å²) in [5.41, 5.74) is 0. The van der Waals surface area contributed by atoms with Crippen molar-refractivity contribution in [3.8, 4) is 0 Å². The van der Waals surface area contributed by atoms with Crippen molar-refractivity contribution < 1.29 is 35.1 Å². The maximum atomic E-state index is 12.3. The summed E-state index contributed by atoms with van der Waals surface area (Å²) in [6, 6.07) is -0.930. The van der Waals surface area contributed by atoms with Crippen molar-refractivity contribution >= 4 is 23.6 Å². The Morgan fingerprint density at radius 1 is 1.27 bits per heavy atom. The zero-order valence-electron chi connectivity index (χ0n) is 11.9. The van der Waals surface area contributed by atoms with Gasteiger partial charge in [0.25, 0.3) is 5.91 Å². The third-order valence-corrected chi connectivity index (χ3v) is 5.31. The second-order valence-corrected chi connectivity index (χ2v) is 6.53. The summed E-state index contributed by atoms with van der Waals surface area (Å²) in [7, 11) is 1.47. The van der Waals surface area contributed by atoms with E-state index in [4.69, 9.17) is 5.11 Å². The molecular formula is C12H20N2O7S. The maximum Gasteiger partial charge on any atom is 0.255 e. The molecule has 0 aliphatic carbocycles. The molecule has 2 aliphatic rings. The van der Waals surface area contributed by atoms with Crippen molar-refractivity contribution in [1.82, 2.24) is 9.80 Å². The molecule has 2 rings (SSSR count). The minimum atomic E-state index is -1.91. The molecule has 6 atom stereocenters. The number of fused-ring (bicyclic) bond motifs is 1. The van der Waals surface area contributed by atoms with Gasteiger partial charge in [-0.05, 0) is 0 Å². The highest BCUT2D eigenvalue weighted by molar-refractivity contribution is 8.00. The third-order valence-electron chi connectivity index (χ3n) is 3.95. The molecule has 5 N–H and O–H groups in total. The topological polar surface area (TPSA) is 142 Å². The molecule has 9 nitrogen and oxygen atoms in total. The number of rotatable bonds is 3. The summed E-state index contributed by atoms with van der Waals surface area (Å²) < 4.78 is 0. The molecule has 0 unspecified atom stereocenters. The van der Waals surface area contributed by atoms with E-state index in [0.717, 1.165) is 16.7 Å². The molecule has 0 bridgehead atoms. The van der Waals surface area contributed by atoms with Crippen molar-refractivity contribution in [1.29, 1.82) is 0 Å². The van der Waals surface area contributed by atoms with Gasteiger partial charge in [0.15, 0.2) is 6.10 Å². The molecule has 22 heavy (non-hydrogen) atoms. The number of hydrogen-bond donors (Lipinski definition) is 5. The highest BCUT2D eigenvalue weighted by Gasteiger charge is 2.54. The van der Waals surface area contributed by atoms with Gasteiger partial charge in [0.1, 0.15) is 29.7 Å². The Bertz CT molecular complexity index is 451. The number of carbonyl (C=O) groups excluding carboxylic acids is 2. The molecular weight excluding hydrogens is 316 g/mol. The summed E-state index contributed by atoms with van der Waals surface area (Å²) in [6.45, 7) is -0.148. The first-order chi connectivity index (χ1) is 10.3. The van der Waals surface area contributed by atoms with Crippen LogP contribution in [0.25, 0.3) is 0 Å². The maximum absolute atomic E-state index is 12.3. The van der Waals surface area contributed by atoms with E-state index in [1.165, 1.54) is 11.9 Å². The Kier molecular flexibility index (Phi) is 5.30. The fraction of sp³-hybridized carbons (Fsp3) is 0.833. The van der Waals surface area contributed by atoms with Gasteiger partial charge in [-0.1, -0.05) is 0 Å². The zero-order chi connectivity index (χ0) is 16.6. The standard InChI is InChI=1S/C12H20N2O7S/c1-13(2-3-15)10(20)5-4-22-12-9(19)7(17)6(16)8(18)11(21)14(5)12/h5-9,12,15-19H,2-4H2,1H3/t5-,6-,7-,8-,9+,12+/m0/s1. The predicted octanol–water partition coefficient (Wildman–Crippen LogP) is -3.84. The lowest BCUT2D eigenvalue weighted by Gasteiger charge is -2.31. The minimum absolute atomic E-state index is 0.0864. The number of aliphatic hydroxyl groups excluding tert-OH is 5. The van der Waals surface area contributed by atoms with Crippen molar-refractivity contribution in [3.05, 3.63) is 0 Å². The van der Waals surface area contributed by atoms with Crippen LogP contribution in [0, 0.1) is 0 Å². The van der Waals surface area contributed by atoms with Gasteiger partial charge >= 0.3 is 0 Å². The Hall–Kier alpha value is -0.910. The van der Waals surface area contributed by atoms with Gasteiger partial charge in [-0.25, -0.2) is 0 Å². The lowest BCUT2D eigenvalue weighted by atomic mass is 10.1. The summed E-state index contributed by atoms with van der Waals surface area (Å²) in [5.74, 6) is -1.16. The number of hydrogen-bond acceptors (Lipinski definition) is 8. The Labute approximate surface area is 131 Å². The first kappa shape index (κ1) is 17.4. The van der Waals surface area contributed by atoms with E-state index in [1.807, 2.05) is 0 Å². The molecule has 2 saturated heterocycles. The summed E-state index contributed by atoms with van der Waals surface area (Å²) in [4.78, 5) is 26.9. The van der Waals surface area contributed by atoms with Crippen molar-refractivity contribution in [2.24, 2.45) is 0 Å². The SMILES string of the molecule is CN(CCO)C(=O)[C@@H]1CS[C@@H]2[C@H](O)[C@@H](O)[C@H](O)[C@H](O)C(=O)N21. The third kappa shape index (κ3) is 2.82. The largest absolute Gasteiger partial charge is 0.395 e. The predicted molar refractivity (Wildman–Crippen MR) is 75.6 cm³/mol. The number of amides is 2. The fourth-order valence-corrected chi connectivity index (χ4v) is 4.08.